The van der Waals surface area contributed by atoms with Crippen molar-refractivity contribution in [2.75, 3.05) is 6.61 Å². The Morgan fingerprint density at radius 3 is 2.30 bits per heavy atom. The van der Waals surface area contributed by atoms with Crippen LogP contribution in [0.4, 0.5) is 0 Å². The summed E-state index contributed by atoms with van der Waals surface area (Å²) < 4.78 is 24.2. The number of ketones is 1. The van der Waals surface area contributed by atoms with Crippen LogP contribution in [0.2, 0.25) is 0 Å². The lowest BCUT2D eigenvalue weighted by atomic mass is 9.45. The van der Waals surface area contributed by atoms with Gasteiger partial charge in [-0.1, -0.05) is 37.6 Å². The molecule has 4 fully saturated rings. The third kappa shape index (κ3) is 4.24. The van der Waals surface area contributed by atoms with Crippen molar-refractivity contribution in [3.05, 3.63) is 47.0 Å². The molecule has 0 radical (unpaired) electrons. The molecule has 0 aromatic heterocycles. The summed E-state index contributed by atoms with van der Waals surface area (Å²) in [5, 5.41) is 24.7. The number of fused-ring (bicyclic) bond motifs is 5. The third-order valence-electron chi connectivity index (χ3n) is 11.0. The molecule has 4 aliphatic carbocycles. The number of hydrogen-bond donors (Lipinski definition) is 2. The van der Waals surface area contributed by atoms with Crippen molar-refractivity contribution in [3.8, 4) is 0 Å². The summed E-state index contributed by atoms with van der Waals surface area (Å²) in [5.74, 6) is -3.99. The Balaban J connectivity index is 1.60. The van der Waals surface area contributed by atoms with Gasteiger partial charge in [0.05, 0.1) is 35.5 Å². The van der Waals surface area contributed by atoms with Gasteiger partial charge < -0.3 is 29.2 Å². The Kier molecular flexibility index (Phi) is 6.95. The smallest absolute Gasteiger partial charge is 0.338 e. The first kappa shape index (κ1) is 30.0. The van der Waals surface area contributed by atoms with Crippen molar-refractivity contribution >= 4 is 23.7 Å². The van der Waals surface area contributed by atoms with Crippen LogP contribution in [0.25, 0.3) is 0 Å². The minimum atomic E-state index is -1.83. The van der Waals surface area contributed by atoms with Crippen LogP contribution in [0, 0.1) is 22.7 Å². The maximum atomic E-state index is 15.0. The fraction of sp³-hybridized carbons (Fsp3) is 0.636. The van der Waals surface area contributed by atoms with Crippen molar-refractivity contribution in [1.29, 1.82) is 0 Å². The normalized spacial score (nSPS) is 39.7. The molecule has 0 amide bonds. The van der Waals surface area contributed by atoms with Gasteiger partial charge in [-0.3, -0.25) is 14.4 Å². The van der Waals surface area contributed by atoms with Gasteiger partial charge in [0, 0.05) is 18.8 Å². The number of esters is 3. The van der Waals surface area contributed by atoms with Crippen LogP contribution in [0.15, 0.2) is 41.5 Å². The van der Waals surface area contributed by atoms with Gasteiger partial charge in [-0.15, -0.1) is 0 Å². The van der Waals surface area contributed by atoms with Crippen molar-refractivity contribution in [3.63, 3.8) is 0 Å². The molecule has 8 atom stereocenters. The number of allylic oxidation sites excluding steroid dienone is 1. The first-order chi connectivity index (χ1) is 20.2. The van der Waals surface area contributed by atoms with Crippen LogP contribution in [0.1, 0.15) is 77.1 Å². The first-order valence-electron chi connectivity index (χ1n) is 15.1. The number of aliphatic hydroxyl groups excluding tert-OH is 1. The van der Waals surface area contributed by atoms with Crippen LogP contribution < -0.4 is 0 Å². The Morgan fingerprint density at radius 2 is 1.72 bits per heavy atom. The summed E-state index contributed by atoms with van der Waals surface area (Å²) in [6, 6.07) is 8.30. The van der Waals surface area contributed by atoms with Gasteiger partial charge in [-0.05, 0) is 57.2 Å². The number of ether oxygens (including phenoxy) is 4. The van der Waals surface area contributed by atoms with E-state index in [1.165, 1.54) is 6.92 Å². The Hall–Kier alpha value is -3.08. The molecule has 43 heavy (non-hydrogen) atoms. The lowest BCUT2D eigenvalue weighted by Crippen LogP contribution is -2.81. The number of hydrogen-bond acceptors (Lipinski definition) is 10. The SMILES string of the molecule is CC(=O)O[C@@]12CO[C@@H]1C[C@H](O)[C@@]1(C)C(=O)[C@H](OC(=O)C3CC3)C3=C(C)CC[C@@](O)([C@@H](OC(=O)c4ccccc4)[C@H]21)C3(C)C. The molecule has 10 heteroatoms. The van der Waals surface area contributed by atoms with Crippen LogP contribution in [0.5, 0.6) is 0 Å². The Morgan fingerprint density at radius 1 is 1.05 bits per heavy atom. The summed E-state index contributed by atoms with van der Waals surface area (Å²) >= 11 is 0. The molecule has 1 aliphatic heterocycles. The molecule has 5 aliphatic rings. The quantitative estimate of drug-likeness (QED) is 0.295. The molecule has 2 N–H and O–H groups in total. The molecule has 1 saturated heterocycles. The van der Waals surface area contributed by atoms with E-state index in [0.29, 0.717) is 24.8 Å². The molecule has 6 rings (SSSR count). The van der Waals surface area contributed by atoms with Crippen LogP contribution >= 0.6 is 0 Å². The molecule has 1 aromatic carbocycles. The predicted molar refractivity (Wildman–Crippen MR) is 150 cm³/mol. The van der Waals surface area contributed by atoms with E-state index >= 15 is 4.79 Å². The second kappa shape index (κ2) is 9.97. The third-order valence-corrected chi connectivity index (χ3v) is 11.0. The highest BCUT2D eigenvalue weighted by molar-refractivity contribution is 5.96. The molecule has 232 valence electrons. The topological polar surface area (TPSA) is 146 Å². The molecule has 0 spiro atoms. The summed E-state index contributed by atoms with van der Waals surface area (Å²) in [7, 11) is 0. The highest BCUT2D eigenvalue weighted by Gasteiger charge is 2.77. The van der Waals surface area contributed by atoms with E-state index in [-0.39, 0.29) is 30.9 Å². The molecule has 1 heterocycles. The standard InChI is InChI=1S/C33H40O10/c1-17-13-14-33(39)27(42-29(38)19-9-7-6-8-10-19)25-31(5,21(35)15-22-32(25,16-40-22)43-18(2)34)26(36)24(23(17)30(33,3)4)41-28(37)20-11-12-20/h6-10,20-22,24-25,27,35,39H,11-16H2,1-5H3/t21-,22+,24+,25-,27-,31+,32-,33+/m0/s1. The van der Waals surface area contributed by atoms with Crippen LogP contribution in [-0.4, -0.2) is 76.1 Å². The number of Topliss-reactive ketones (excluding diaryl/α,β-unsaturated/α-hetero) is 1. The summed E-state index contributed by atoms with van der Waals surface area (Å²) in [5.41, 5.74) is -4.88. The van der Waals surface area contributed by atoms with Crippen LogP contribution in [-0.2, 0) is 33.3 Å². The lowest BCUT2D eigenvalue weighted by Gasteiger charge is -2.67. The van der Waals surface area contributed by atoms with E-state index in [2.05, 4.69) is 0 Å². The van der Waals surface area contributed by atoms with E-state index in [1.807, 2.05) is 6.92 Å². The summed E-state index contributed by atoms with van der Waals surface area (Å²) in [6.07, 6.45) is -3.22. The van der Waals surface area contributed by atoms with Gasteiger partial charge in [0.15, 0.2) is 17.5 Å². The lowest BCUT2D eigenvalue weighted by molar-refractivity contribution is -0.345. The van der Waals surface area contributed by atoms with E-state index in [0.717, 1.165) is 5.57 Å². The Labute approximate surface area is 250 Å². The fourth-order valence-electron chi connectivity index (χ4n) is 8.30. The molecule has 0 unspecified atom stereocenters. The average molecular weight is 597 g/mol. The Bertz CT molecular complexity index is 1400. The van der Waals surface area contributed by atoms with Crippen molar-refractivity contribution in [2.45, 2.75) is 102 Å². The largest absolute Gasteiger partial charge is 0.455 e. The number of carbonyl (C=O) groups is 4. The number of aliphatic hydroxyl groups is 2. The molecule has 10 nitrogen and oxygen atoms in total. The summed E-state index contributed by atoms with van der Waals surface area (Å²) in [6.45, 7) is 8.03. The zero-order valence-electron chi connectivity index (χ0n) is 25.3. The van der Waals surface area contributed by atoms with E-state index in [9.17, 15) is 24.6 Å². The van der Waals surface area contributed by atoms with Crippen LogP contribution in [0.3, 0.4) is 0 Å². The van der Waals surface area contributed by atoms with Crippen molar-refractivity contribution in [1.82, 2.24) is 0 Å². The second-order valence-corrected chi connectivity index (χ2v) is 13.8. The fourth-order valence-corrected chi connectivity index (χ4v) is 8.30. The predicted octanol–water partition coefficient (Wildman–Crippen LogP) is 3.07. The van der Waals surface area contributed by atoms with Gasteiger partial charge in [0.1, 0.15) is 17.8 Å². The molecular formula is C33H40O10. The number of benzene rings is 1. The van der Waals surface area contributed by atoms with E-state index in [4.69, 9.17) is 18.9 Å². The minimum absolute atomic E-state index is 0.0471. The van der Waals surface area contributed by atoms with Gasteiger partial charge in [-0.25, -0.2) is 4.79 Å². The first-order valence-corrected chi connectivity index (χ1v) is 15.1. The molecule has 2 bridgehead atoms. The number of rotatable bonds is 5. The van der Waals surface area contributed by atoms with Gasteiger partial charge in [0.2, 0.25) is 0 Å². The summed E-state index contributed by atoms with van der Waals surface area (Å²) in [4.78, 5) is 54.5. The molecule has 1 aromatic rings. The second-order valence-electron chi connectivity index (χ2n) is 13.8. The number of carbonyl (C=O) groups excluding carboxylic acids is 4. The highest BCUT2D eigenvalue weighted by atomic mass is 16.6. The van der Waals surface area contributed by atoms with Crippen molar-refractivity contribution in [2.24, 2.45) is 22.7 Å². The highest BCUT2D eigenvalue weighted by Crippen LogP contribution is 2.64. The van der Waals surface area contributed by atoms with Gasteiger partial charge in [0.25, 0.3) is 0 Å². The van der Waals surface area contributed by atoms with Crippen molar-refractivity contribution < 1.29 is 48.3 Å². The maximum absolute atomic E-state index is 15.0. The molecular weight excluding hydrogens is 556 g/mol. The average Bonchev–Trinajstić information content (AvgIpc) is 3.80. The maximum Gasteiger partial charge on any atom is 0.338 e. The minimum Gasteiger partial charge on any atom is -0.455 e. The molecule has 3 saturated carbocycles. The van der Waals surface area contributed by atoms with E-state index in [1.54, 1.807) is 51.1 Å². The van der Waals surface area contributed by atoms with Gasteiger partial charge in [-0.2, -0.15) is 0 Å². The van der Waals surface area contributed by atoms with E-state index < -0.39 is 76.1 Å². The van der Waals surface area contributed by atoms with Gasteiger partial charge >= 0.3 is 17.9 Å². The monoisotopic (exact) mass is 596 g/mol. The zero-order chi connectivity index (χ0) is 31.1. The zero-order valence-corrected chi connectivity index (χ0v) is 25.3.